The number of aromatic hydroxyl groups is 1. The average Bonchev–Trinajstić information content (AvgIpc) is 3.06. The lowest BCUT2D eigenvalue weighted by atomic mass is 9.95. The Labute approximate surface area is 159 Å². The van der Waals surface area contributed by atoms with Gasteiger partial charge in [-0.05, 0) is 49.9 Å². The van der Waals surface area contributed by atoms with Crippen LogP contribution in [0.25, 0.3) is 4.96 Å². The fourth-order valence-electron chi connectivity index (χ4n) is 3.69. The highest BCUT2D eigenvalue weighted by atomic mass is 79.9. The van der Waals surface area contributed by atoms with E-state index in [1.54, 1.807) is 4.52 Å². The second-order valence-corrected chi connectivity index (χ2v) is 8.77. The van der Waals surface area contributed by atoms with Gasteiger partial charge in [0.15, 0.2) is 0 Å². The van der Waals surface area contributed by atoms with Crippen LogP contribution in [-0.4, -0.2) is 37.7 Å². The molecule has 3 heterocycles. The van der Waals surface area contributed by atoms with E-state index in [-0.39, 0.29) is 11.9 Å². The lowest BCUT2D eigenvalue weighted by Crippen LogP contribution is -2.37. The Bertz CT molecular complexity index is 906. The standard InChI is InChI=1S/C18H21BrN4OS/c1-11-5-4-8-22(10-11)15(13-6-3-7-14(19)9-13)16-17(24)23-18(25-16)20-12(2)21-23/h3,6-7,9,11,15,24H,4-5,8,10H2,1-2H3/t11-,15+/m0/s1. The molecule has 0 bridgehead atoms. The fourth-order valence-corrected chi connectivity index (χ4v) is 5.27. The molecule has 1 fully saturated rings. The van der Waals surface area contributed by atoms with Crippen molar-refractivity contribution in [3.63, 3.8) is 0 Å². The number of aromatic nitrogens is 3. The zero-order chi connectivity index (χ0) is 17.6. The number of likely N-dealkylation sites (tertiary alicyclic amines) is 1. The van der Waals surface area contributed by atoms with Gasteiger partial charge >= 0.3 is 0 Å². The van der Waals surface area contributed by atoms with Gasteiger partial charge < -0.3 is 5.11 Å². The molecule has 1 aliphatic heterocycles. The van der Waals surface area contributed by atoms with E-state index in [9.17, 15) is 5.11 Å². The van der Waals surface area contributed by atoms with Crippen molar-refractivity contribution in [2.24, 2.45) is 5.92 Å². The van der Waals surface area contributed by atoms with Crippen LogP contribution in [0.3, 0.4) is 0 Å². The van der Waals surface area contributed by atoms with Crippen LogP contribution in [0.5, 0.6) is 5.88 Å². The average molecular weight is 421 g/mol. The predicted octanol–water partition coefficient (Wildman–Crippen LogP) is 4.39. The summed E-state index contributed by atoms with van der Waals surface area (Å²) < 4.78 is 2.61. The lowest BCUT2D eigenvalue weighted by molar-refractivity contribution is 0.149. The minimum absolute atomic E-state index is 0.0223. The number of rotatable bonds is 3. The van der Waals surface area contributed by atoms with Crippen LogP contribution in [0.1, 0.15) is 42.1 Å². The summed E-state index contributed by atoms with van der Waals surface area (Å²) in [6.07, 6.45) is 2.45. The largest absolute Gasteiger partial charge is 0.492 e. The molecule has 1 aromatic carbocycles. The number of halogens is 1. The third-order valence-electron chi connectivity index (χ3n) is 4.77. The van der Waals surface area contributed by atoms with Crippen molar-refractivity contribution < 1.29 is 5.11 Å². The maximum Gasteiger partial charge on any atom is 0.230 e. The molecule has 5 nitrogen and oxygen atoms in total. The zero-order valence-corrected chi connectivity index (χ0v) is 16.7. The van der Waals surface area contributed by atoms with Gasteiger partial charge in [0, 0.05) is 11.0 Å². The summed E-state index contributed by atoms with van der Waals surface area (Å²) >= 11 is 5.12. The molecule has 0 amide bonds. The van der Waals surface area contributed by atoms with Crippen molar-refractivity contribution in [3.8, 4) is 5.88 Å². The maximum absolute atomic E-state index is 10.8. The molecule has 0 saturated carbocycles. The van der Waals surface area contributed by atoms with Gasteiger partial charge in [-0.3, -0.25) is 4.90 Å². The highest BCUT2D eigenvalue weighted by Crippen LogP contribution is 2.41. The maximum atomic E-state index is 10.8. The van der Waals surface area contributed by atoms with Crippen LogP contribution < -0.4 is 0 Å². The molecule has 7 heteroatoms. The highest BCUT2D eigenvalue weighted by molar-refractivity contribution is 9.10. The summed E-state index contributed by atoms with van der Waals surface area (Å²) in [5.41, 5.74) is 1.18. The van der Waals surface area contributed by atoms with Crippen LogP contribution >= 0.6 is 27.3 Å². The Morgan fingerprint density at radius 3 is 2.96 bits per heavy atom. The van der Waals surface area contributed by atoms with E-state index in [2.05, 4.69) is 56.0 Å². The summed E-state index contributed by atoms with van der Waals surface area (Å²) in [6.45, 7) is 6.21. The number of thiazole rings is 1. The Morgan fingerprint density at radius 2 is 2.24 bits per heavy atom. The molecule has 132 valence electrons. The fraction of sp³-hybridized carbons (Fsp3) is 0.444. The summed E-state index contributed by atoms with van der Waals surface area (Å²) in [4.78, 5) is 8.58. The molecular weight excluding hydrogens is 400 g/mol. The molecule has 2 aromatic heterocycles. The third kappa shape index (κ3) is 3.20. The van der Waals surface area contributed by atoms with E-state index in [0.29, 0.717) is 11.7 Å². The van der Waals surface area contributed by atoms with Crippen LogP contribution in [0, 0.1) is 12.8 Å². The summed E-state index contributed by atoms with van der Waals surface area (Å²) in [6, 6.07) is 8.39. The van der Waals surface area contributed by atoms with Crippen molar-refractivity contribution in [2.45, 2.75) is 32.7 Å². The number of hydrogen-bond acceptors (Lipinski definition) is 5. The quantitative estimate of drug-likeness (QED) is 0.682. The first-order valence-electron chi connectivity index (χ1n) is 8.57. The smallest absolute Gasteiger partial charge is 0.230 e. The number of nitrogens with zero attached hydrogens (tertiary/aromatic N) is 4. The molecule has 1 N–H and O–H groups in total. The first kappa shape index (κ1) is 17.0. The first-order chi connectivity index (χ1) is 12.0. The molecule has 0 aliphatic carbocycles. The molecular formula is C18H21BrN4OS. The van der Waals surface area contributed by atoms with Gasteiger partial charge in [0.05, 0.1) is 10.9 Å². The molecule has 2 atom stereocenters. The first-order valence-corrected chi connectivity index (χ1v) is 10.2. The predicted molar refractivity (Wildman–Crippen MR) is 103 cm³/mol. The van der Waals surface area contributed by atoms with E-state index in [1.165, 1.54) is 29.7 Å². The molecule has 1 aliphatic rings. The van der Waals surface area contributed by atoms with Crippen molar-refractivity contribution in [1.29, 1.82) is 0 Å². The van der Waals surface area contributed by atoms with Gasteiger partial charge in [0.2, 0.25) is 10.8 Å². The van der Waals surface area contributed by atoms with E-state index in [1.807, 2.05) is 13.0 Å². The molecule has 4 rings (SSSR count). The number of fused-ring (bicyclic) bond motifs is 1. The topological polar surface area (TPSA) is 53.7 Å². The van der Waals surface area contributed by atoms with E-state index >= 15 is 0 Å². The monoisotopic (exact) mass is 420 g/mol. The second-order valence-electron chi connectivity index (χ2n) is 6.84. The van der Waals surface area contributed by atoms with Gasteiger partial charge in [0.1, 0.15) is 5.82 Å². The molecule has 3 aromatic rings. The zero-order valence-electron chi connectivity index (χ0n) is 14.3. The van der Waals surface area contributed by atoms with Gasteiger partial charge in [-0.15, -0.1) is 5.10 Å². The van der Waals surface area contributed by atoms with Gasteiger partial charge in [-0.2, -0.15) is 4.52 Å². The van der Waals surface area contributed by atoms with E-state index < -0.39 is 0 Å². The number of hydrogen-bond donors (Lipinski definition) is 1. The molecule has 1 saturated heterocycles. The number of piperidine rings is 1. The highest BCUT2D eigenvalue weighted by Gasteiger charge is 2.31. The Kier molecular flexibility index (Phi) is 4.56. The van der Waals surface area contributed by atoms with Crippen LogP contribution in [0.2, 0.25) is 0 Å². The summed E-state index contributed by atoms with van der Waals surface area (Å²) in [7, 11) is 0. The van der Waals surface area contributed by atoms with Crippen molar-refractivity contribution in [1.82, 2.24) is 19.5 Å². The second kappa shape index (κ2) is 6.70. The molecule has 0 spiro atoms. The van der Waals surface area contributed by atoms with Gasteiger partial charge in [0.25, 0.3) is 0 Å². The van der Waals surface area contributed by atoms with Crippen LogP contribution in [0.15, 0.2) is 28.7 Å². The Hall–Kier alpha value is -1.44. The minimum Gasteiger partial charge on any atom is -0.492 e. The Balaban J connectivity index is 1.83. The number of benzene rings is 1. The number of aryl methyl sites for hydroxylation is 1. The van der Waals surface area contributed by atoms with Crippen molar-refractivity contribution in [3.05, 3.63) is 45.0 Å². The van der Waals surface area contributed by atoms with E-state index in [4.69, 9.17) is 0 Å². The normalized spacial score (nSPS) is 20.2. The summed E-state index contributed by atoms with van der Waals surface area (Å²) in [5, 5.41) is 15.2. The van der Waals surface area contributed by atoms with Crippen molar-refractivity contribution >= 4 is 32.2 Å². The van der Waals surface area contributed by atoms with Crippen molar-refractivity contribution in [2.75, 3.05) is 13.1 Å². The van der Waals surface area contributed by atoms with Gasteiger partial charge in [-0.25, -0.2) is 4.98 Å². The lowest BCUT2D eigenvalue weighted by Gasteiger charge is -2.37. The summed E-state index contributed by atoms with van der Waals surface area (Å²) in [5.74, 6) is 1.55. The van der Waals surface area contributed by atoms with Crippen LogP contribution in [-0.2, 0) is 0 Å². The molecule has 0 unspecified atom stereocenters. The molecule has 25 heavy (non-hydrogen) atoms. The van der Waals surface area contributed by atoms with Crippen LogP contribution in [0.4, 0.5) is 0 Å². The third-order valence-corrected chi connectivity index (χ3v) is 6.34. The minimum atomic E-state index is 0.0223. The Morgan fingerprint density at radius 1 is 1.40 bits per heavy atom. The van der Waals surface area contributed by atoms with E-state index in [0.717, 1.165) is 27.4 Å². The SMILES string of the molecule is Cc1nc2sc([C@@H](c3cccc(Br)c3)N3CCC[C@H](C)C3)c(O)n2n1. The van der Waals surface area contributed by atoms with Gasteiger partial charge in [-0.1, -0.05) is 46.3 Å². The molecule has 0 radical (unpaired) electrons.